The summed E-state index contributed by atoms with van der Waals surface area (Å²) in [5.41, 5.74) is -0.688. The Kier molecular flexibility index (Phi) is 2.74. The summed E-state index contributed by atoms with van der Waals surface area (Å²) in [6.07, 6.45) is -8.61. The molecule has 2 heterocycles. The first-order valence-corrected chi connectivity index (χ1v) is 5.69. The summed E-state index contributed by atoms with van der Waals surface area (Å²) < 4.78 is 70.7. The number of alkyl halides is 4. The van der Waals surface area contributed by atoms with Crippen LogP contribution in [0.15, 0.2) is 42.9 Å². The number of ether oxygens (including phenoxy) is 2. The Labute approximate surface area is 116 Å². The van der Waals surface area contributed by atoms with Crippen molar-refractivity contribution < 1.29 is 36.3 Å². The summed E-state index contributed by atoms with van der Waals surface area (Å²) in [5.74, 6) is -0.373. The molecule has 110 valence electrons. The van der Waals surface area contributed by atoms with Crippen molar-refractivity contribution in [3.8, 4) is 5.75 Å². The van der Waals surface area contributed by atoms with E-state index in [1.54, 1.807) is 0 Å². The summed E-state index contributed by atoms with van der Waals surface area (Å²) >= 11 is 0. The minimum Gasteiger partial charge on any atom is -0.520 e. The molecule has 0 saturated carbocycles. The predicted octanol–water partition coefficient (Wildman–Crippen LogP) is 2.46. The quantitative estimate of drug-likeness (QED) is 0.590. The number of rotatable bonds is 1. The van der Waals surface area contributed by atoms with Crippen molar-refractivity contribution >= 4 is 12.6 Å². The molecule has 0 amide bonds. The molecule has 0 spiro atoms. The van der Waals surface area contributed by atoms with E-state index in [0.717, 1.165) is 12.1 Å². The van der Waals surface area contributed by atoms with Gasteiger partial charge in [0.25, 0.3) is 0 Å². The number of halogens is 4. The smallest absolute Gasteiger partial charge is 0.520 e. The van der Waals surface area contributed by atoms with Crippen molar-refractivity contribution in [2.24, 2.45) is 0 Å². The van der Waals surface area contributed by atoms with Gasteiger partial charge < -0.3 is 14.0 Å². The van der Waals surface area contributed by atoms with Crippen LogP contribution in [0.25, 0.3) is 0 Å². The van der Waals surface area contributed by atoms with Crippen LogP contribution in [0, 0.1) is 0 Å². The summed E-state index contributed by atoms with van der Waals surface area (Å²) in [4.78, 5) is 0. The summed E-state index contributed by atoms with van der Waals surface area (Å²) in [5, 5.41) is 0. The van der Waals surface area contributed by atoms with Crippen LogP contribution in [0.4, 0.5) is 17.6 Å². The molecule has 1 aromatic rings. The molecular weight excluding hydrogens is 295 g/mol. The van der Waals surface area contributed by atoms with Crippen LogP contribution in [0.5, 0.6) is 5.75 Å². The van der Waals surface area contributed by atoms with Crippen molar-refractivity contribution in [2.45, 2.75) is 12.4 Å². The maximum absolute atomic E-state index is 13.6. The molecule has 2 aliphatic rings. The molecule has 21 heavy (non-hydrogen) atoms. The lowest BCUT2D eigenvalue weighted by molar-refractivity contribution is -0.461. The highest BCUT2D eigenvalue weighted by molar-refractivity contribution is 6.62. The molecule has 1 fully saturated rings. The second-order valence-electron chi connectivity index (χ2n) is 4.35. The van der Waals surface area contributed by atoms with Crippen molar-refractivity contribution in [2.75, 3.05) is 0 Å². The highest BCUT2D eigenvalue weighted by atomic mass is 19.3. The summed E-state index contributed by atoms with van der Waals surface area (Å²) in [6.45, 7) is 7.01. The van der Waals surface area contributed by atoms with Crippen molar-refractivity contribution in [3.63, 3.8) is 0 Å². The molecule has 0 unspecified atom stereocenters. The third kappa shape index (κ3) is 2.33. The zero-order valence-corrected chi connectivity index (χ0v) is 10.4. The van der Waals surface area contributed by atoms with Crippen LogP contribution >= 0.6 is 0 Å². The number of fused-ring (bicyclic) bond motifs is 1. The second kappa shape index (κ2) is 4.17. The van der Waals surface area contributed by atoms with E-state index in [0.29, 0.717) is 0 Å². The second-order valence-corrected chi connectivity index (χ2v) is 4.35. The zero-order valence-electron chi connectivity index (χ0n) is 10.4. The van der Waals surface area contributed by atoms with Gasteiger partial charge in [0.15, 0.2) is 0 Å². The summed E-state index contributed by atoms with van der Waals surface area (Å²) in [7, 11) is -1.03. The fourth-order valence-corrected chi connectivity index (χ4v) is 1.91. The van der Waals surface area contributed by atoms with E-state index in [4.69, 9.17) is 9.31 Å². The Morgan fingerprint density at radius 3 is 2.24 bits per heavy atom. The minimum atomic E-state index is -4.40. The van der Waals surface area contributed by atoms with Crippen LogP contribution in [-0.4, -0.2) is 13.4 Å². The highest BCUT2D eigenvalue weighted by Gasteiger charge is 2.54. The maximum Gasteiger partial charge on any atom is 0.632 e. The largest absolute Gasteiger partial charge is 0.632 e. The third-order valence-corrected chi connectivity index (χ3v) is 2.87. The van der Waals surface area contributed by atoms with Gasteiger partial charge in [-0.15, -0.1) is 8.78 Å². The lowest BCUT2D eigenvalue weighted by atomic mass is 9.78. The molecule has 1 saturated heterocycles. The number of hydrogen-bond acceptors (Lipinski definition) is 4. The minimum absolute atomic E-state index is 0.156. The fourth-order valence-electron chi connectivity index (χ4n) is 1.91. The summed E-state index contributed by atoms with van der Waals surface area (Å²) in [6, 6.07) is 3.12. The maximum atomic E-state index is 13.6. The molecule has 1 aromatic carbocycles. The van der Waals surface area contributed by atoms with Crippen molar-refractivity contribution in [3.05, 3.63) is 48.4 Å². The van der Waals surface area contributed by atoms with E-state index in [9.17, 15) is 17.6 Å². The van der Waals surface area contributed by atoms with Crippen molar-refractivity contribution in [1.82, 2.24) is 0 Å². The topological polar surface area (TPSA) is 36.9 Å². The molecule has 4 nitrogen and oxygen atoms in total. The van der Waals surface area contributed by atoms with Crippen LogP contribution < -0.4 is 10.2 Å². The molecule has 9 heteroatoms. The van der Waals surface area contributed by atoms with Gasteiger partial charge in [-0.25, -0.2) is 4.74 Å². The van der Waals surface area contributed by atoms with Gasteiger partial charge >= 0.3 is 19.5 Å². The normalized spacial score (nSPS) is 22.2. The molecule has 2 aliphatic heterocycles. The van der Waals surface area contributed by atoms with Gasteiger partial charge in [-0.2, -0.15) is 8.78 Å². The van der Waals surface area contributed by atoms with E-state index in [-0.39, 0.29) is 17.0 Å². The Hall–Kier alpha value is -2.16. The molecule has 0 atom stereocenters. The predicted molar refractivity (Wildman–Crippen MR) is 62.8 cm³/mol. The lowest BCUT2D eigenvalue weighted by Gasteiger charge is -2.30. The van der Waals surface area contributed by atoms with E-state index >= 15 is 0 Å². The highest BCUT2D eigenvalue weighted by Crippen LogP contribution is 2.45. The number of benzene rings is 1. The Morgan fingerprint density at radius 1 is 1.00 bits per heavy atom. The number of hydrogen-bond donors (Lipinski definition) is 0. The van der Waals surface area contributed by atoms with E-state index < -0.39 is 30.8 Å². The Balaban J connectivity index is 1.99. The van der Waals surface area contributed by atoms with Gasteiger partial charge in [-0.1, -0.05) is 19.2 Å². The van der Waals surface area contributed by atoms with Gasteiger partial charge in [-0.3, -0.25) is 0 Å². The lowest BCUT2D eigenvalue weighted by Crippen LogP contribution is -2.42. The average Bonchev–Trinajstić information content (AvgIpc) is 2.67. The van der Waals surface area contributed by atoms with Crippen LogP contribution in [0.3, 0.4) is 0 Å². The molecule has 0 radical (unpaired) electrons. The fraction of sp³-hybridized carbons (Fsp3) is 0.167. The Morgan fingerprint density at radius 2 is 1.62 bits per heavy atom. The van der Waals surface area contributed by atoms with Gasteiger partial charge in [-0.05, 0) is 12.1 Å². The monoisotopic (exact) mass is 302 g/mol. The Bertz CT molecular complexity index is 630. The standard InChI is InChI=1S/C12H7BF4O4/c1-6-7(2)20-13(19-6)8-3-4-10-9(5-8)11(14,15)21-12(16,17)18-10/h3-5H,1-2H2. The van der Waals surface area contributed by atoms with E-state index in [1.807, 2.05) is 0 Å². The molecule has 0 N–H and O–H groups in total. The van der Waals surface area contributed by atoms with Gasteiger partial charge in [0.2, 0.25) is 0 Å². The van der Waals surface area contributed by atoms with Crippen molar-refractivity contribution in [1.29, 1.82) is 0 Å². The van der Waals surface area contributed by atoms with E-state index in [1.165, 1.54) is 6.07 Å². The van der Waals surface area contributed by atoms with Crippen LogP contribution in [-0.2, 0) is 20.2 Å². The van der Waals surface area contributed by atoms with Gasteiger partial charge in [0, 0.05) is 5.46 Å². The van der Waals surface area contributed by atoms with Crippen LogP contribution in [0.2, 0.25) is 0 Å². The zero-order chi connectivity index (χ0) is 15.4. The first-order valence-electron chi connectivity index (χ1n) is 5.69. The molecule has 0 bridgehead atoms. The van der Waals surface area contributed by atoms with Crippen LogP contribution in [0.1, 0.15) is 5.56 Å². The first kappa shape index (κ1) is 13.8. The average molecular weight is 302 g/mol. The van der Waals surface area contributed by atoms with E-state index in [2.05, 4.69) is 22.6 Å². The SMILES string of the molecule is C=C1OB(c2ccc3c(c2)C(F)(F)OC(F)(F)O3)OC1=C. The molecule has 3 rings (SSSR count). The molecular formula is C12H7BF4O4. The van der Waals surface area contributed by atoms with Gasteiger partial charge in [0.1, 0.15) is 17.3 Å². The first-order chi connectivity index (χ1) is 9.68. The molecule has 0 aliphatic carbocycles. The third-order valence-electron chi connectivity index (χ3n) is 2.87. The molecule has 0 aromatic heterocycles. The van der Waals surface area contributed by atoms with Gasteiger partial charge in [0.05, 0.1) is 5.56 Å².